The molecular formula is C10H16BFO2S. The summed E-state index contributed by atoms with van der Waals surface area (Å²) in [5.41, 5.74) is 0. The maximum absolute atomic E-state index is 13.8. The number of hydrogen-bond donors (Lipinski definition) is 0. The van der Waals surface area contributed by atoms with Gasteiger partial charge in [-0.3, -0.25) is 0 Å². The van der Waals surface area contributed by atoms with Crippen LogP contribution in [0, 0.1) is 0 Å². The maximum Gasteiger partial charge on any atom is 0.131 e. The predicted molar refractivity (Wildman–Crippen MR) is 60.2 cm³/mol. The third kappa shape index (κ3) is 1.83. The molecule has 1 aliphatic carbocycles. The average molecular weight is 230 g/mol. The predicted octanol–water partition coefficient (Wildman–Crippen LogP) is 1.52. The molecule has 0 bridgehead atoms. The van der Waals surface area contributed by atoms with Crippen LogP contribution in [-0.4, -0.2) is 49.3 Å². The Hall–Kier alpha value is 0.265. The van der Waals surface area contributed by atoms with Crippen LogP contribution >= 0.6 is 11.8 Å². The Bertz CT molecular complexity index is 243. The first-order valence-corrected chi connectivity index (χ1v) is 6.34. The van der Waals surface area contributed by atoms with E-state index in [0.29, 0.717) is 13.2 Å². The van der Waals surface area contributed by atoms with Crippen molar-refractivity contribution < 1.29 is 13.9 Å². The summed E-state index contributed by atoms with van der Waals surface area (Å²) in [6, 6.07) is 0. The van der Waals surface area contributed by atoms with E-state index in [9.17, 15) is 4.39 Å². The Labute approximate surface area is 95.7 Å². The van der Waals surface area contributed by atoms with Gasteiger partial charge in [-0.05, 0) is 20.3 Å². The molecule has 15 heavy (non-hydrogen) atoms. The zero-order valence-electron chi connectivity index (χ0n) is 9.11. The van der Waals surface area contributed by atoms with Crippen LogP contribution in [0.5, 0.6) is 0 Å². The number of thioether (sulfide) groups is 1. The average Bonchev–Trinajstić information content (AvgIpc) is 2.82. The molecule has 3 unspecified atom stereocenters. The summed E-state index contributed by atoms with van der Waals surface area (Å²) in [6.45, 7) is 5.03. The zero-order chi connectivity index (χ0) is 11.1. The minimum atomic E-state index is -1.07. The second kappa shape index (κ2) is 4.26. The lowest BCUT2D eigenvalue weighted by atomic mass is 9.94. The molecule has 2 nitrogen and oxygen atoms in total. The summed E-state index contributed by atoms with van der Waals surface area (Å²) in [4.78, 5) is 0. The van der Waals surface area contributed by atoms with Crippen molar-refractivity contribution in [3.8, 4) is 0 Å². The van der Waals surface area contributed by atoms with Gasteiger partial charge in [0, 0.05) is 18.4 Å². The van der Waals surface area contributed by atoms with E-state index in [1.54, 1.807) is 0 Å². The van der Waals surface area contributed by atoms with Gasteiger partial charge in [0.05, 0.1) is 18.7 Å². The summed E-state index contributed by atoms with van der Waals surface area (Å²) in [5.74, 6) is 0. The summed E-state index contributed by atoms with van der Waals surface area (Å²) in [5, 5.41) is -0.466. The van der Waals surface area contributed by atoms with Gasteiger partial charge in [-0.15, -0.1) is 0 Å². The lowest BCUT2D eigenvalue weighted by Gasteiger charge is -2.20. The second-order valence-electron chi connectivity index (χ2n) is 4.01. The summed E-state index contributed by atoms with van der Waals surface area (Å²) >= 11 is 1.49. The van der Waals surface area contributed by atoms with E-state index in [1.807, 2.05) is 13.8 Å². The van der Waals surface area contributed by atoms with Crippen LogP contribution in [0.25, 0.3) is 0 Å². The van der Waals surface area contributed by atoms with Crippen molar-refractivity contribution in [2.45, 2.75) is 48.5 Å². The van der Waals surface area contributed by atoms with Crippen LogP contribution in [0.1, 0.15) is 20.3 Å². The molecule has 2 aliphatic rings. The molecule has 1 saturated carbocycles. The number of alkyl halides is 1. The Morgan fingerprint density at radius 1 is 1.40 bits per heavy atom. The van der Waals surface area contributed by atoms with E-state index in [4.69, 9.17) is 17.3 Å². The van der Waals surface area contributed by atoms with Gasteiger partial charge in [0.15, 0.2) is 0 Å². The Kier molecular flexibility index (Phi) is 3.34. The van der Waals surface area contributed by atoms with Gasteiger partial charge < -0.3 is 9.47 Å². The monoisotopic (exact) mass is 230 g/mol. The van der Waals surface area contributed by atoms with Gasteiger partial charge >= 0.3 is 0 Å². The number of halogens is 1. The molecule has 84 valence electrons. The molecule has 0 N–H and O–H groups in total. The number of ether oxygens (including phenoxy) is 2. The normalized spacial score (nSPS) is 48.7. The Morgan fingerprint density at radius 3 is 2.67 bits per heavy atom. The van der Waals surface area contributed by atoms with E-state index in [2.05, 4.69) is 0 Å². The lowest BCUT2D eigenvalue weighted by molar-refractivity contribution is -0.00249. The molecule has 0 amide bonds. The molecule has 1 saturated heterocycles. The Morgan fingerprint density at radius 2 is 2.07 bits per heavy atom. The van der Waals surface area contributed by atoms with Crippen LogP contribution in [0.3, 0.4) is 0 Å². The van der Waals surface area contributed by atoms with Crippen molar-refractivity contribution in [1.29, 1.82) is 0 Å². The SMILES string of the molecule is [B]C1SC2(CC2OCC)[C@@H](OCC)[C@H]1F. The van der Waals surface area contributed by atoms with Crippen molar-refractivity contribution >= 4 is 19.6 Å². The molecule has 1 heterocycles. The van der Waals surface area contributed by atoms with E-state index < -0.39 is 11.3 Å². The van der Waals surface area contributed by atoms with E-state index in [0.717, 1.165) is 6.42 Å². The van der Waals surface area contributed by atoms with Crippen molar-refractivity contribution in [3.63, 3.8) is 0 Å². The highest BCUT2D eigenvalue weighted by molar-refractivity contribution is 8.03. The van der Waals surface area contributed by atoms with Gasteiger partial charge in [-0.1, -0.05) is 0 Å². The van der Waals surface area contributed by atoms with Crippen LogP contribution in [0.4, 0.5) is 4.39 Å². The minimum absolute atomic E-state index is 0.121. The zero-order valence-corrected chi connectivity index (χ0v) is 9.93. The Balaban J connectivity index is 2.05. The first kappa shape index (κ1) is 11.7. The molecular weight excluding hydrogens is 214 g/mol. The van der Waals surface area contributed by atoms with Crippen molar-refractivity contribution in [3.05, 3.63) is 0 Å². The molecule has 2 fully saturated rings. The third-order valence-corrected chi connectivity index (χ3v) is 4.68. The van der Waals surface area contributed by atoms with E-state index >= 15 is 0 Å². The van der Waals surface area contributed by atoms with Gasteiger partial charge in [-0.25, -0.2) is 4.39 Å². The van der Waals surface area contributed by atoms with Crippen LogP contribution in [0.15, 0.2) is 0 Å². The van der Waals surface area contributed by atoms with Crippen LogP contribution < -0.4 is 0 Å². The smallest absolute Gasteiger partial charge is 0.131 e. The van der Waals surface area contributed by atoms with Crippen LogP contribution in [0.2, 0.25) is 0 Å². The van der Waals surface area contributed by atoms with Gasteiger partial charge in [-0.2, -0.15) is 11.8 Å². The molecule has 0 aromatic carbocycles. The van der Waals surface area contributed by atoms with Gasteiger partial charge in [0.25, 0.3) is 0 Å². The molecule has 2 radical (unpaired) electrons. The molecule has 5 heteroatoms. The van der Waals surface area contributed by atoms with Crippen LogP contribution in [-0.2, 0) is 9.47 Å². The fourth-order valence-electron chi connectivity index (χ4n) is 2.30. The first-order valence-electron chi connectivity index (χ1n) is 5.46. The summed E-state index contributed by atoms with van der Waals surface area (Å²) < 4.78 is 24.6. The first-order chi connectivity index (χ1) is 7.15. The van der Waals surface area contributed by atoms with E-state index in [-0.39, 0.29) is 17.0 Å². The number of hydrogen-bond acceptors (Lipinski definition) is 3. The fourth-order valence-corrected chi connectivity index (χ4v) is 3.87. The molecule has 2 rings (SSSR count). The summed E-state index contributed by atoms with van der Waals surface area (Å²) in [7, 11) is 5.73. The van der Waals surface area contributed by atoms with Gasteiger partial charge in [0.2, 0.25) is 0 Å². The molecule has 0 aromatic heterocycles. The topological polar surface area (TPSA) is 18.5 Å². The lowest BCUT2D eigenvalue weighted by Crippen LogP contribution is -2.35. The van der Waals surface area contributed by atoms with E-state index in [1.165, 1.54) is 11.8 Å². The maximum atomic E-state index is 13.8. The highest BCUT2D eigenvalue weighted by Gasteiger charge is 2.68. The summed E-state index contributed by atoms with van der Waals surface area (Å²) in [6.07, 6.45) is -0.472. The molecule has 1 aliphatic heterocycles. The van der Waals surface area contributed by atoms with Crippen molar-refractivity contribution in [1.82, 2.24) is 0 Å². The third-order valence-electron chi connectivity index (χ3n) is 3.04. The molecule has 1 spiro atoms. The van der Waals surface area contributed by atoms with Gasteiger partial charge in [0.1, 0.15) is 12.3 Å². The van der Waals surface area contributed by atoms with Crippen molar-refractivity contribution in [2.75, 3.05) is 13.2 Å². The minimum Gasteiger partial charge on any atom is -0.377 e. The number of rotatable bonds is 4. The highest BCUT2D eigenvalue weighted by Crippen LogP contribution is 2.61. The van der Waals surface area contributed by atoms with Crippen molar-refractivity contribution in [2.24, 2.45) is 0 Å². The molecule has 0 aromatic rings. The largest absolute Gasteiger partial charge is 0.377 e. The highest BCUT2D eigenvalue weighted by atomic mass is 32.2. The fraction of sp³-hybridized carbons (Fsp3) is 1.00. The molecule has 5 atom stereocenters. The second-order valence-corrected chi connectivity index (χ2v) is 5.55. The standard InChI is InChI=1S/C10H16BFO2S/c1-3-13-6-5-10(6)8(14-4-2)7(12)9(11)15-10/h6-9H,3-5H2,1-2H3/t6?,7-,8+,9?,10?/m1/s1. The quantitative estimate of drug-likeness (QED) is 0.682.